The minimum Gasteiger partial charge on any atom is -0.378 e. The highest BCUT2D eigenvalue weighted by molar-refractivity contribution is 5.14. The van der Waals surface area contributed by atoms with Crippen molar-refractivity contribution >= 4 is 0 Å². The van der Waals surface area contributed by atoms with E-state index in [1.807, 2.05) is 12.1 Å². The predicted molar refractivity (Wildman–Crippen MR) is 48.6 cm³/mol. The van der Waals surface area contributed by atoms with E-state index in [-0.39, 0.29) is 11.6 Å². The van der Waals surface area contributed by atoms with Crippen LogP contribution in [0.2, 0.25) is 0 Å². The number of ether oxygens (including phenoxy) is 1. The fourth-order valence-corrected chi connectivity index (χ4v) is 1.47. The number of pyridine rings is 1. The molecule has 0 amide bonds. The van der Waals surface area contributed by atoms with Gasteiger partial charge in [0.1, 0.15) is 0 Å². The van der Waals surface area contributed by atoms with Crippen molar-refractivity contribution in [1.82, 2.24) is 10.3 Å². The molecule has 70 valence electrons. The van der Waals surface area contributed by atoms with Gasteiger partial charge >= 0.3 is 0 Å². The summed E-state index contributed by atoms with van der Waals surface area (Å²) in [5.74, 6) is 0. The molecule has 1 atom stereocenters. The van der Waals surface area contributed by atoms with Crippen molar-refractivity contribution in [1.29, 1.82) is 0 Å². The number of rotatable bonds is 1. The van der Waals surface area contributed by atoms with Gasteiger partial charge in [-0.2, -0.15) is 0 Å². The summed E-state index contributed by atoms with van der Waals surface area (Å²) in [4.78, 5) is 14.0. The smallest absolute Gasteiger partial charge is 0.252 e. The number of hydrogen-bond acceptors (Lipinski definition) is 3. The molecule has 1 aliphatic heterocycles. The van der Waals surface area contributed by atoms with Crippen LogP contribution in [-0.4, -0.2) is 24.7 Å². The molecule has 1 saturated heterocycles. The van der Waals surface area contributed by atoms with Crippen molar-refractivity contribution in [2.24, 2.45) is 0 Å². The van der Waals surface area contributed by atoms with Gasteiger partial charge in [-0.15, -0.1) is 0 Å². The van der Waals surface area contributed by atoms with Crippen LogP contribution in [0.3, 0.4) is 0 Å². The number of hydrogen-bond donors (Lipinski definition) is 2. The first-order valence-corrected chi connectivity index (χ1v) is 4.36. The van der Waals surface area contributed by atoms with E-state index in [4.69, 9.17) is 4.74 Å². The quantitative estimate of drug-likeness (QED) is 0.641. The van der Waals surface area contributed by atoms with Crippen LogP contribution in [0.4, 0.5) is 0 Å². The van der Waals surface area contributed by atoms with E-state index in [0.29, 0.717) is 6.61 Å². The average molecular weight is 180 g/mol. The maximum absolute atomic E-state index is 11.4. The summed E-state index contributed by atoms with van der Waals surface area (Å²) in [5.41, 5.74) is 0.715. The van der Waals surface area contributed by atoms with Gasteiger partial charge in [-0.25, -0.2) is 0 Å². The number of H-pyrrole nitrogens is 1. The Kier molecular flexibility index (Phi) is 2.42. The van der Waals surface area contributed by atoms with Gasteiger partial charge in [0.2, 0.25) is 0 Å². The summed E-state index contributed by atoms with van der Waals surface area (Å²) in [7, 11) is 0. The number of morpholine rings is 1. The molecule has 2 heterocycles. The molecule has 0 unspecified atom stereocenters. The van der Waals surface area contributed by atoms with Crippen LogP contribution < -0.4 is 10.9 Å². The number of aromatic nitrogens is 1. The van der Waals surface area contributed by atoms with E-state index in [1.54, 1.807) is 6.20 Å². The average Bonchev–Trinajstić information content (AvgIpc) is 2.20. The van der Waals surface area contributed by atoms with Gasteiger partial charge in [0, 0.05) is 18.3 Å². The highest BCUT2D eigenvalue weighted by Crippen LogP contribution is 2.10. The van der Waals surface area contributed by atoms with Crippen molar-refractivity contribution in [2.45, 2.75) is 6.04 Å². The first-order chi connectivity index (χ1) is 6.38. The summed E-state index contributed by atoms with van der Waals surface area (Å²) in [5, 5.41) is 3.23. The monoisotopic (exact) mass is 180 g/mol. The minimum absolute atomic E-state index is 0.0366. The zero-order chi connectivity index (χ0) is 9.10. The molecule has 0 radical (unpaired) electrons. The van der Waals surface area contributed by atoms with Crippen molar-refractivity contribution in [3.8, 4) is 0 Å². The van der Waals surface area contributed by atoms with Crippen molar-refractivity contribution in [2.75, 3.05) is 19.8 Å². The highest BCUT2D eigenvalue weighted by Gasteiger charge is 2.17. The van der Waals surface area contributed by atoms with Crippen LogP contribution in [0.1, 0.15) is 11.6 Å². The van der Waals surface area contributed by atoms with Crippen molar-refractivity contribution < 1.29 is 4.74 Å². The first-order valence-electron chi connectivity index (χ1n) is 4.36. The molecule has 1 aromatic heterocycles. The lowest BCUT2D eigenvalue weighted by Gasteiger charge is -2.23. The van der Waals surface area contributed by atoms with Gasteiger partial charge in [0.05, 0.1) is 19.3 Å². The molecule has 2 N–H and O–H groups in total. The second-order valence-corrected chi connectivity index (χ2v) is 3.04. The van der Waals surface area contributed by atoms with Crippen LogP contribution in [-0.2, 0) is 4.74 Å². The maximum atomic E-state index is 11.4. The van der Waals surface area contributed by atoms with Crippen LogP contribution in [0, 0.1) is 0 Å². The van der Waals surface area contributed by atoms with E-state index in [2.05, 4.69) is 10.3 Å². The van der Waals surface area contributed by atoms with E-state index in [9.17, 15) is 4.79 Å². The number of nitrogens with one attached hydrogen (secondary N) is 2. The molecule has 0 spiro atoms. The Morgan fingerprint density at radius 3 is 3.15 bits per heavy atom. The summed E-state index contributed by atoms with van der Waals surface area (Å²) in [6.45, 7) is 2.10. The second kappa shape index (κ2) is 3.72. The predicted octanol–water partition coefficient (Wildman–Crippen LogP) is 0.0358. The molecule has 4 nitrogen and oxygen atoms in total. The Labute approximate surface area is 75.9 Å². The Morgan fingerprint density at radius 1 is 1.54 bits per heavy atom. The molecular weight excluding hydrogens is 168 g/mol. The van der Waals surface area contributed by atoms with E-state index < -0.39 is 0 Å². The van der Waals surface area contributed by atoms with Crippen LogP contribution in [0.15, 0.2) is 23.1 Å². The molecule has 1 aromatic rings. The second-order valence-electron chi connectivity index (χ2n) is 3.04. The molecule has 2 rings (SSSR count). The Bertz CT molecular complexity index is 328. The minimum atomic E-state index is -0.0366. The zero-order valence-corrected chi connectivity index (χ0v) is 7.25. The third-order valence-corrected chi connectivity index (χ3v) is 2.15. The van der Waals surface area contributed by atoms with E-state index in [0.717, 1.165) is 18.7 Å². The first kappa shape index (κ1) is 8.47. The van der Waals surface area contributed by atoms with Crippen LogP contribution >= 0.6 is 0 Å². The lowest BCUT2D eigenvalue weighted by molar-refractivity contribution is 0.0764. The lowest BCUT2D eigenvalue weighted by atomic mass is 10.1. The van der Waals surface area contributed by atoms with Gasteiger partial charge < -0.3 is 15.0 Å². The Hall–Kier alpha value is -1.13. The summed E-state index contributed by atoms with van der Waals surface area (Å²) < 4.78 is 5.28. The van der Waals surface area contributed by atoms with Gasteiger partial charge in [-0.1, -0.05) is 6.07 Å². The van der Waals surface area contributed by atoms with Crippen LogP contribution in [0.25, 0.3) is 0 Å². The lowest BCUT2D eigenvalue weighted by Crippen LogP contribution is -2.37. The molecule has 0 aromatic carbocycles. The van der Waals surface area contributed by atoms with Gasteiger partial charge in [0.15, 0.2) is 0 Å². The molecule has 1 aliphatic rings. The van der Waals surface area contributed by atoms with E-state index >= 15 is 0 Å². The molecule has 0 aliphatic carbocycles. The largest absolute Gasteiger partial charge is 0.378 e. The zero-order valence-electron chi connectivity index (χ0n) is 7.25. The van der Waals surface area contributed by atoms with Gasteiger partial charge in [-0.3, -0.25) is 4.79 Å². The SMILES string of the molecule is O=c1[nH]cccc1[C@@H]1COCCN1. The van der Waals surface area contributed by atoms with Crippen LogP contribution in [0.5, 0.6) is 0 Å². The fraction of sp³-hybridized carbons (Fsp3) is 0.444. The third kappa shape index (κ3) is 1.79. The summed E-state index contributed by atoms with van der Waals surface area (Å²) >= 11 is 0. The number of aromatic amines is 1. The highest BCUT2D eigenvalue weighted by atomic mass is 16.5. The fourth-order valence-electron chi connectivity index (χ4n) is 1.47. The van der Waals surface area contributed by atoms with E-state index in [1.165, 1.54) is 0 Å². The molecule has 0 saturated carbocycles. The normalized spacial score (nSPS) is 22.9. The standard InChI is InChI=1S/C9H12N2O2/c12-9-7(2-1-3-11-9)8-6-13-5-4-10-8/h1-3,8,10H,4-6H2,(H,11,12)/t8-/m0/s1. The maximum Gasteiger partial charge on any atom is 0.252 e. The van der Waals surface area contributed by atoms with Crippen molar-refractivity contribution in [3.63, 3.8) is 0 Å². The van der Waals surface area contributed by atoms with Gasteiger partial charge in [0.25, 0.3) is 5.56 Å². The molecule has 1 fully saturated rings. The Balaban J connectivity index is 2.24. The third-order valence-electron chi connectivity index (χ3n) is 2.15. The molecule has 13 heavy (non-hydrogen) atoms. The van der Waals surface area contributed by atoms with Gasteiger partial charge in [-0.05, 0) is 6.07 Å². The summed E-state index contributed by atoms with van der Waals surface area (Å²) in [6.07, 6.45) is 1.63. The Morgan fingerprint density at radius 2 is 2.46 bits per heavy atom. The molecule has 0 bridgehead atoms. The topological polar surface area (TPSA) is 54.1 Å². The van der Waals surface area contributed by atoms with Crippen molar-refractivity contribution in [3.05, 3.63) is 34.2 Å². The summed E-state index contributed by atoms with van der Waals surface area (Å²) in [6, 6.07) is 3.69. The molecular formula is C9H12N2O2. The molecule has 4 heteroatoms.